The summed E-state index contributed by atoms with van der Waals surface area (Å²) in [5.41, 5.74) is 3.14. The molecule has 0 atom stereocenters. The predicted molar refractivity (Wildman–Crippen MR) is 115 cm³/mol. The van der Waals surface area contributed by atoms with Crippen molar-refractivity contribution in [2.75, 3.05) is 35.2 Å². The molecule has 2 aromatic rings. The number of rotatable bonds is 7. The fourth-order valence-electron chi connectivity index (χ4n) is 3.34. The molecule has 1 aliphatic heterocycles. The fourth-order valence-corrected chi connectivity index (χ4v) is 3.34. The molecule has 0 spiro atoms. The molecule has 0 aliphatic carbocycles. The van der Waals surface area contributed by atoms with E-state index in [0.717, 1.165) is 37.4 Å². The molecule has 2 N–H and O–H groups in total. The van der Waals surface area contributed by atoms with Crippen LogP contribution in [-0.2, 0) is 0 Å². The van der Waals surface area contributed by atoms with E-state index >= 15 is 0 Å². The standard InChI is InChI=1S/C22H31N5O/c1-16(2)11-12-23-22-24-17(3)15-20(26-22)21(28)25-18-7-9-19(10-8-18)27-13-5-4-6-14-27/h7-10,15-16H,4-6,11-14H2,1-3H3,(H,25,28)(H,23,24,26). The van der Waals surface area contributed by atoms with Crippen LogP contribution in [0, 0.1) is 12.8 Å². The molecule has 150 valence electrons. The highest BCUT2D eigenvalue weighted by Gasteiger charge is 2.13. The molecule has 1 fully saturated rings. The summed E-state index contributed by atoms with van der Waals surface area (Å²) in [6, 6.07) is 9.77. The molecule has 0 bridgehead atoms. The summed E-state index contributed by atoms with van der Waals surface area (Å²) in [6.45, 7) is 9.24. The number of piperidine rings is 1. The molecule has 3 rings (SSSR count). The molecule has 1 aliphatic rings. The normalized spacial score (nSPS) is 14.2. The van der Waals surface area contributed by atoms with Gasteiger partial charge >= 0.3 is 0 Å². The van der Waals surface area contributed by atoms with E-state index in [9.17, 15) is 4.79 Å². The molecular formula is C22H31N5O. The van der Waals surface area contributed by atoms with Gasteiger partial charge in [0, 0.05) is 36.7 Å². The highest BCUT2D eigenvalue weighted by molar-refractivity contribution is 6.03. The quantitative estimate of drug-likeness (QED) is 0.740. The second-order valence-electron chi connectivity index (χ2n) is 7.88. The zero-order valence-electron chi connectivity index (χ0n) is 17.2. The Kier molecular flexibility index (Phi) is 6.85. The van der Waals surface area contributed by atoms with Crippen LogP contribution in [-0.4, -0.2) is 35.5 Å². The first-order valence-electron chi connectivity index (χ1n) is 10.3. The second kappa shape index (κ2) is 9.53. The van der Waals surface area contributed by atoms with Gasteiger partial charge in [-0.05, 0) is 68.9 Å². The molecule has 6 heteroatoms. The van der Waals surface area contributed by atoms with Gasteiger partial charge in [-0.25, -0.2) is 9.97 Å². The van der Waals surface area contributed by atoms with Crippen LogP contribution in [0.25, 0.3) is 0 Å². The summed E-state index contributed by atoms with van der Waals surface area (Å²) in [4.78, 5) is 23.8. The van der Waals surface area contributed by atoms with E-state index in [-0.39, 0.29) is 5.91 Å². The first kappa shape index (κ1) is 20.1. The van der Waals surface area contributed by atoms with Crippen molar-refractivity contribution >= 4 is 23.2 Å². The number of hydrogen-bond acceptors (Lipinski definition) is 5. The van der Waals surface area contributed by atoms with Gasteiger partial charge in [0.2, 0.25) is 5.95 Å². The maximum Gasteiger partial charge on any atom is 0.274 e. The molecule has 0 unspecified atom stereocenters. The average Bonchev–Trinajstić information content (AvgIpc) is 2.68. The lowest BCUT2D eigenvalue weighted by molar-refractivity contribution is 0.102. The number of nitrogens with zero attached hydrogens (tertiary/aromatic N) is 3. The Bertz CT molecular complexity index is 782. The number of aromatic nitrogens is 2. The zero-order chi connectivity index (χ0) is 19.9. The van der Waals surface area contributed by atoms with Gasteiger partial charge in [0.05, 0.1) is 0 Å². The van der Waals surface area contributed by atoms with Crippen molar-refractivity contribution in [3.63, 3.8) is 0 Å². The molecule has 1 aromatic carbocycles. The highest BCUT2D eigenvalue weighted by atomic mass is 16.1. The summed E-state index contributed by atoms with van der Waals surface area (Å²) in [6.07, 6.45) is 4.84. The van der Waals surface area contributed by atoms with E-state index in [2.05, 4.69) is 51.5 Å². The second-order valence-corrected chi connectivity index (χ2v) is 7.88. The predicted octanol–water partition coefficient (Wildman–Crippen LogP) is 4.49. The van der Waals surface area contributed by atoms with Crippen LogP contribution in [0.1, 0.15) is 55.7 Å². The lowest BCUT2D eigenvalue weighted by Gasteiger charge is -2.28. The summed E-state index contributed by atoms with van der Waals surface area (Å²) >= 11 is 0. The van der Waals surface area contributed by atoms with Crippen LogP contribution in [0.5, 0.6) is 0 Å². The number of hydrogen-bond donors (Lipinski definition) is 2. The Labute approximate surface area is 167 Å². The lowest BCUT2D eigenvalue weighted by Crippen LogP contribution is -2.29. The van der Waals surface area contributed by atoms with Crippen LogP contribution in [0.4, 0.5) is 17.3 Å². The molecule has 2 heterocycles. The van der Waals surface area contributed by atoms with Crippen molar-refractivity contribution in [2.45, 2.75) is 46.5 Å². The van der Waals surface area contributed by atoms with Crippen molar-refractivity contribution in [1.82, 2.24) is 9.97 Å². The van der Waals surface area contributed by atoms with E-state index in [4.69, 9.17) is 0 Å². The number of anilines is 3. The summed E-state index contributed by atoms with van der Waals surface area (Å²) < 4.78 is 0. The number of benzene rings is 1. The SMILES string of the molecule is Cc1cc(C(=O)Nc2ccc(N3CCCCC3)cc2)nc(NCCC(C)C)n1. The van der Waals surface area contributed by atoms with Crippen LogP contribution in [0.2, 0.25) is 0 Å². The topological polar surface area (TPSA) is 70.2 Å². The smallest absolute Gasteiger partial charge is 0.274 e. The Morgan fingerprint density at radius 3 is 2.50 bits per heavy atom. The van der Waals surface area contributed by atoms with Crippen molar-refractivity contribution in [3.05, 3.63) is 41.7 Å². The number of carbonyl (C=O) groups is 1. The third-order valence-electron chi connectivity index (χ3n) is 4.94. The number of amides is 1. The molecule has 6 nitrogen and oxygen atoms in total. The Morgan fingerprint density at radius 1 is 1.11 bits per heavy atom. The van der Waals surface area contributed by atoms with E-state index in [0.29, 0.717) is 17.6 Å². The Morgan fingerprint density at radius 2 is 1.82 bits per heavy atom. The highest BCUT2D eigenvalue weighted by Crippen LogP contribution is 2.22. The van der Waals surface area contributed by atoms with Crippen LogP contribution < -0.4 is 15.5 Å². The first-order chi connectivity index (χ1) is 13.5. The summed E-state index contributed by atoms with van der Waals surface area (Å²) in [5, 5.41) is 6.15. The van der Waals surface area contributed by atoms with E-state index < -0.39 is 0 Å². The van der Waals surface area contributed by atoms with Gasteiger partial charge in [-0.2, -0.15) is 0 Å². The minimum absolute atomic E-state index is 0.219. The third-order valence-corrected chi connectivity index (χ3v) is 4.94. The van der Waals surface area contributed by atoms with Gasteiger partial charge < -0.3 is 15.5 Å². The zero-order valence-corrected chi connectivity index (χ0v) is 17.2. The summed E-state index contributed by atoms with van der Waals surface area (Å²) in [5.74, 6) is 0.891. The van der Waals surface area contributed by atoms with Crippen molar-refractivity contribution in [3.8, 4) is 0 Å². The third kappa shape index (κ3) is 5.68. The van der Waals surface area contributed by atoms with Gasteiger partial charge in [0.1, 0.15) is 5.69 Å². The molecule has 1 aromatic heterocycles. The minimum Gasteiger partial charge on any atom is -0.372 e. The molecule has 28 heavy (non-hydrogen) atoms. The Hall–Kier alpha value is -2.63. The van der Waals surface area contributed by atoms with Crippen molar-refractivity contribution in [1.29, 1.82) is 0 Å². The maximum atomic E-state index is 12.6. The minimum atomic E-state index is -0.219. The molecule has 0 saturated carbocycles. The van der Waals surface area contributed by atoms with Crippen molar-refractivity contribution < 1.29 is 4.79 Å². The molecule has 1 saturated heterocycles. The van der Waals surface area contributed by atoms with Crippen molar-refractivity contribution in [2.24, 2.45) is 5.92 Å². The van der Waals surface area contributed by atoms with Gasteiger partial charge in [0.15, 0.2) is 0 Å². The van der Waals surface area contributed by atoms with Crippen LogP contribution in [0.15, 0.2) is 30.3 Å². The van der Waals surface area contributed by atoms with Gasteiger partial charge in [-0.1, -0.05) is 13.8 Å². The average molecular weight is 382 g/mol. The number of nitrogens with one attached hydrogen (secondary N) is 2. The van der Waals surface area contributed by atoms with Gasteiger partial charge in [-0.15, -0.1) is 0 Å². The van der Waals surface area contributed by atoms with E-state index in [1.54, 1.807) is 6.07 Å². The van der Waals surface area contributed by atoms with Gasteiger partial charge in [-0.3, -0.25) is 4.79 Å². The van der Waals surface area contributed by atoms with Crippen LogP contribution >= 0.6 is 0 Å². The number of aryl methyl sites for hydroxylation is 1. The van der Waals surface area contributed by atoms with Gasteiger partial charge in [0.25, 0.3) is 5.91 Å². The van der Waals surface area contributed by atoms with Crippen LogP contribution in [0.3, 0.4) is 0 Å². The monoisotopic (exact) mass is 381 g/mol. The summed E-state index contributed by atoms with van der Waals surface area (Å²) in [7, 11) is 0. The largest absolute Gasteiger partial charge is 0.372 e. The molecule has 1 amide bonds. The molecule has 0 radical (unpaired) electrons. The lowest BCUT2D eigenvalue weighted by atomic mass is 10.1. The first-order valence-corrected chi connectivity index (χ1v) is 10.3. The maximum absolute atomic E-state index is 12.6. The van der Waals surface area contributed by atoms with E-state index in [1.165, 1.54) is 24.9 Å². The Balaban J connectivity index is 1.62. The van der Waals surface area contributed by atoms with E-state index in [1.807, 2.05) is 19.1 Å². The fraction of sp³-hybridized carbons (Fsp3) is 0.500. The number of carbonyl (C=O) groups excluding carboxylic acids is 1. The molecular weight excluding hydrogens is 350 g/mol.